The van der Waals surface area contributed by atoms with E-state index >= 15 is 0 Å². The molecule has 0 amide bonds. The number of carbonyl (C=O) groups is 1. The van der Waals surface area contributed by atoms with Gasteiger partial charge in [-0.3, -0.25) is 0 Å². The van der Waals surface area contributed by atoms with E-state index in [-0.39, 0.29) is 24.6 Å². The molecular formula is C8H5LiN2O2. The standard InChI is InChI=1S/C8H6N2O2.Li/c11-8(12)6-5-10-4-2-1-3-7(10)9-6;/h1-5H,(H,11,12);/q;+1/p-1. The van der Waals surface area contributed by atoms with Crippen LogP contribution in [0.5, 0.6) is 0 Å². The van der Waals surface area contributed by atoms with E-state index in [9.17, 15) is 9.90 Å². The zero-order chi connectivity index (χ0) is 8.55. The molecule has 13 heavy (non-hydrogen) atoms. The molecule has 0 bridgehead atoms. The molecule has 0 saturated carbocycles. The molecule has 0 aliphatic rings. The molecule has 0 atom stereocenters. The van der Waals surface area contributed by atoms with Gasteiger partial charge >= 0.3 is 18.9 Å². The minimum Gasteiger partial charge on any atom is -0.543 e. The number of hydrogen-bond acceptors (Lipinski definition) is 3. The van der Waals surface area contributed by atoms with Crippen LogP contribution < -0.4 is 24.0 Å². The van der Waals surface area contributed by atoms with Gasteiger partial charge in [-0.2, -0.15) is 0 Å². The van der Waals surface area contributed by atoms with Crippen molar-refractivity contribution in [2.24, 2.45) is 0 Å². The average molecular weight is 168 g/mol. The van der Waals surface area contributed by atoms with Crippen molar-refractivity contribution in [3.63, 3.8) is 0 Å². The van der Waals surface area contributed by atoms with E-state index < -0.39 is 5.97 Å². The number of rotatable bonds is 1. The first-order chi connectivity index (χ1) is 5.77. The van der Waals surface area contributed by atoms with Crippen molar-refractivity contribution in [1.82, 2.24) is 9.38 Å². The topological polar surface area (TPSA) is 57.4 Å². The van der Waals surface area contributed by atoms with Gasteiger partial charge in [0.25, 0.3) is 0 Å². The minimum absolute atomic E-state index is 0. The van der Waals surface area contributed by atoms with E-state index in [1.807, 2.05) is 0 Å². The summed E-state index contributed by atoms with van der Waals surface area (Å²) in [6.07, 6.45) is 3.15. The molecule has 0 N–H and O–H groups in total. The molecule has 2 heterocycles. The second-order valence-electron chi connectivity index (χ2n) is 2.38. The third-order valence-electron chi connectivity index (χ3n) is 1.57. The Labute approximate surface area is 86.4 Å². The van der Waals surface area contributed by atoms with Gasteiger partial charge in [-0.1, -0.05) is 6.07 Å². The number of hydrogen-bond donors (Lipinski definition) is 0. The number of nitrogens with zero attached hydrogens (tertiary/aromatic N) is 2. The van der Waals surface area contributed by atoms with E-state index in [1.165, 1.54) is 6.20 Å². The number of carbonyl (C=O) groups excluding carboxylic acids is 1. The van der Waals surface area contributed by atoms with Crippen LogP contribution in [0.3, 0.4) is 0 Å². The van der Waals surface area contributed by atoms with E-state index in [0.717, 1.165) is 0 Å². The summed E-state index contributed by atoms with van der Waals surface area (Å²) in [6.45, 7) is 0. The minimum atomic E-state index is -1.25. The Morgan fingerprint density at radius 3 is 2.85 bits per heavy atom. The Kier molecular flexibility index (Phi) is 2.76. The van der Waals surface area contributed by atoms with Crippen LogP contribution in [0.1, 0.15) is 10.5 Å². The van der Waals surface area contributed by atoms with Crippen molar-refractivity contribution in [2.75, 3.05) is 0 Å². The van der Waals surface area contributed by atoms with E-state index in [0.29, 0.717) is 5.65 Å². The Hall–Kier alpha value is -1.24. The van der Waals surface area contributed by atoms with Gasteiger partial charge < -0.3 is 14.3 Å². The maximum atomic E-state index is 10.4. The van der Waals surface area contributed by atoms with Crippen LogP contribution in [-0.4, -0.2) is 15.4 Å². The molecule has 0 aromatic carbocycles. The summed E-state index contributed by atoms with van der Waals surface area (Å²) in [5.41, 5.74) is 0.568. The number of fused-ring (bicyclic) bond motifs is 1. The quantitative estimate of drug-likeness (QED) is 0.419. The Morgan fingerprint density at radius 2 is 2.23 bits per heavy atom. The van der Waals surface area contributed by atoms with Crippen molar-refractivity contribution < 1.29 is 28.8 Å². The van der Waals surface area contributed by atoms with Crippen molar-refractivity contribution >= 4 is 11.6 Å². The molecule has 0 radical (unpaired) electrons. The molecule has 60 valence electrons. The van der Waals surface area contributed by atoms with Crippen molar-refractivity contribution in [3.05, 3.63) is 36.3 Å². The van der Waals surface area contributed by atoms with Crippen LogP contribution in [0, 0.1) is 0 Å². The first kappa shape index (κ1) is 9.84. The Morgan fingerprint density at radius 1 is 1.46 bits per heavy atom. The fraction of sp³-hybridized carbons (Fsp3) is 0. The predicted molar refractivity (Wildman–Crippen MR) is 39.5 cm³/mol. The molecule has 2 aromatic heterocycles. The van der Waals surface area contributed by atoms with Crippen LogP contribution >= 0.6 is 0 Å². The summed E-state index contributed by atoms with van der Waals surface area (Å²) in [5, 5.41) is 10.4. The Bertz CT molecular complexity index is 405. The van der Waals surface area contributed by atoms with Gasteiger partial charge in [0.2, 0.25) is 0 Å². The molecule has 0 saturated heterocycles. The van der Waals surface area contributed by atoms with Gasteiger partial charge in [-0.15, -0.1) is 0 Å². The normalized spacial score (nSPS) is 9.54. The zero-order valence-corrected chi connectivity index (χ0v) is 7.10. The fourth-order valence-electron chi connectivity index (χ4n) is 1.03. The number of imidazole rings is 1. The van der Waals surface area contributed by atoms with Gasteiger partial charge in [-0.05, 0) is 12.1 Å². The van der Waals surface area contributed by atoms with E-state index in [4.69, 9.17) is 0 Å². The molecule has 5 heteroatoms. The smallest absolute Gasteiger partial charge is 0.543 e. The summed E-state index contributed by atoms with van der Waals surface area (Å²) in [5.74, 6) is -1.25. The van der Waals surface area contributed by atoms with Gasteiger partial charge in [0, 0.05) is 12.4 Å². The summed E-state index contributed by atoms with van der Waals surface area (Å²) in [6, 6.07) is 5.32. The van der Waals surface area contributed by atoms with Crippen LogP contribution in [0.15, 0.2) is 30.6 Å². The van der Waals surface area contributed by atoms with Crippen LogP contribution in [0.25, 0.3) is 5.65 Å². The number of pyridine rings is 1. The third kappa shape index (κ3) is 1.74. The monoisotopic (exact) mass is 168 g/mol. The van der Waals surface area contributed by atoms with Gasteiger partial charge in [-0.25, -0.2) is 4.98 Å². The predicted octanol–water partition coefficient (Wildman–Crippen LogP) is -3.30. The zero-order valence-electron chi connectivity index (χ0n) is 7.10. The molecule has 0 aliphatic heterocycles. The number of aromatic carboxylic acids is 1. The SMILES string of the molecule is O=C([O-])c1cn2ccccc2n1.[Li+]. The average Bonchev–Trinajstić information content (AvgIpc) is 2.46. The van der Waals surface area contributed by atoms with Crippen molar-refractivity contribution in [3.8, 4) is 0 Å². The van der Waals surface area contributed by atoms with Crippen molar-refractivity contribution in [2.45, 2.75) is 0 Å². The van der Waals surface area contributed by atoms with Crippen LogP contribution in [0.2, 0.25) is 0 Å². The summed E-state index contributed by atoms with van der Waals surface area (Å²) in [7, 11) is 0. The largest absolute Gasteiger partial charge is 1.00 e. The molecule has 0 unspecified atom stereocenters. The van der Waals surface area contributed by atoms with Gasteiger partial charge in [0.05, 0.1) is 5.97 Å². The molecule has 2 rings (SSSR count). The van der Waals surface area contributed by atoms with Crippen molar-refractivity contribution in [1.29, 1.82) is 0 Å². The number of aromatic nitrogens is 2. The van der Waals surface area contributed by atoms with Gasteiger partial charge in [0.15, 0.2) is 0 Å². The summed E-state index contributed by atoms with van der Waals surface area (Å²) < 4.78 is 1.63. The maximum absolute atomic E-state index is 10.4. The number of carboxylic acids is 1. The Balaban J connectivity index is 0.000000845. The fourth-order valence-corrected chi connectivity index (χ4v) is 1.03. The third-order valence-corrected chi connectivity index (χ3v) is 1.57. The maximum Gasteiger partial charge on any atom is 1.00 e. The number of carboxylic acid groups (broad SMARTS) is 1. The summed E-state index contributed by atoms with van der Waals surface area (Å²) in [4.78, 5) is 14.2. The summed E-state index contributed by atoms with van der Waals surface area (Å²) >= 11 is 0. The first-order valence-electron chi connectivity index (χ1n) is 3.42. The second-order valence-corrected chi connectivity index (χ2v) is 2.38. The molecule has 4 nitrogen and oxygen atoms in total. The van der Waals surface area contributed by atoms with Gasteiger partial charge in [0.1, 0.15) is 11.3 Å². The molecule has 0 spiro atoms. The molecule has 2 aromatic rings. The first-order valence-corrected chi connectivity index (χ1v) is 3.42. The van der Waals surface area contributed by atoms with E-state index in [2.05, 4.69) is 4.98 Å². The van der Waals surface area contributed by atoms with E-state index in [1.54, 1.807) is 28.8 Å². The molecule has 0 fully saturated rings. The van der Waals surface area contributed by atoms with Crippen LogP contribution in [0.4, 0.5) is 0 Å². The second kappa shape index (κ2) is 3.65. The molecular weight excluding hydrogens is 163 g/mol. The molecule has 0 aliphatic carbocycles. The van der Waals surface area contributed by atoms with Crippen LogP contribution in [-0.2, 0) is 0 Å².